The lowest BCUT2D eigenvalue weighted by Crippen LogP contribution is -2.32. The lowest BCUT2D eigenvalue weighted by molar-refractivity contribution is 0.0934. The number of anilines is 1. The lowest BCUT2D eigenvalue weighted by atomic mass is 10.1. The Labute approximate surface area is 151 Å². The number of carbonyl (C=O) groups is 1. The number of carbonyl (C=O) groups excluding carboxylic acids is 1. The zero-order valence-corrected chi connectivity index (χ0v) is 15.2. The van der Waals surface area contributed by atoms with Crippen LogP contribution in [-0.2, 0) is 6.42 Å². The molecule has 2 aromatic rings. The molecule has 1 unspecified atom stereocenters. The fraction of sp³-hybridized carbons (Fsp3) is 0.353. The molecule has 2 N–H and O–H groups in total. The molecule has 1 heterocycles. The maximum atomic E-state index is 12.1. The van der Waals surface area contributed by atoms with Gasteiger partial charge in [-0.15, -0.1) is 0 Å². The predicted molar refractivity (Wildman–Crippen MR) is 97.9 cm³/mol. The minimum absolute atomic E-state index is 0.107. The van der Waals surface area contributed by atoms with Gasteiger partial charge in [-0.2, -0.15) is 0 Å². The van der Waals surface area contributed by atoms with Crippen molar-refractivity contribution in [2.75, 3.05) is 11.9 Å². The van der Waals surface area contributed by atoms with E-state index in [1.165, 1.54) is 6.33 Å². The van der Waals surface area contributed by atoms with Gasteiger partial charge in [0.1, 0.15) is 17.8 Å². The smallest absolute Gasteiger partial charge is 0.270 e. The average molecular weight is 367 g/mol. The van der Waals surface area contributed by atoms with Crippen LogP contribution >= 0.6 is 23.2 Å². The molecule has 1 atom stereocenters. The molecular formula is C17H20Cl2N4O. The number of amides is 1. The van der Waals surface area contributed by atoms with Crippen molar-refractivity contribution in [2.45, 2.75) is 32.7 Å². The van der Waals surface area contributed by atoms with Gasteiger partial charge in [-0.3, -0.25) is 4.79 Å². The van der Waals surface area contributed by atoms with Gasteiger partial charge in [-0.25, -0.2) is 9.97 Å². The Balaban J connectivity index is 1.93. The number of aromatic nitrogens is 2. The van der Waals surface area contributed by atoms with E-state index in [1.807, 2.05) is 26.0 Å². The van der Waals surface area contributed by atoms with Gasteiger partial charge in [0.15, 0.2) is 0 Å². The molecule has 7 heteroatoms. The van der Waals surface area contributed by atoms with Crippen LogP contribution in [0.1, 0.15) is 36.3 Å². The molecule has 0 saturated carbocycles. The standard InChI is InChI=1S/C17H20Cl2N4O/c1-3-11(2)23-17(24)15-9-16(22-10-21-15)20-7-6-12-4-5-13(18)8-14(12)19/h4-5,8-11H,3,6-7H2,1-2H3,(H,23,24)(H,20,21,22). The second kappa shape index (κ2) is 8.85. The molecule has 0 aliphatic rings. The Bertz CT molecular complexity index is 709. The van der Waals surface area contributed by atoms with Gasteiger partial charge in [0, 0.05) is 28.7 Å². The summed E-state index contributed by atoms with van der Waals surface area (Å²) in [6.07, 6.45) is 2.96. The highest BCUT2D eigenvalue weighted by Gasteiger charge is 2.11. The molecule has 1 amide bonds. The lowest BCUT2D eigenvalue weighted by Gasteiger charge is -2.11. The van der Waals surface area contributed by atoms with Crippen LogP contribution in [0.2, 0.25) is 10.0 Å². The number of rotatable bonds is 7. The summed E-state index contributed by atoms with van der Waals surface area (Å²) >= 11 is 12.0. The van der Waals surface area contributed by atoms with Gasteiger partial charge in [0.2, 0.25) is 0 Å². The molecule has 128 valence electrons. The largest absolute Gasteiger partial charge is 0.370 e. The van der Waals surface area contributed by atoms with Gasteiger partial charge >= 0.3 is 0 Å². The molecule has 24 heavy (non-hydrogen) atoms. The van der Waals surface area contributed by atoms with Gasteiger partial charge in [-0.1, -0.05) is 36.2 Å². The molecule has 0 aliphatic carbocycles. The summed E-state index contributed by atoms with van der Waals surface area (Å²) in [5.41, 5.74) is 1.34. The van der Waals surface area contributed by atoms with E-state index in [9.17, 15) is 4.79 Å². The van der Waals surface area contributed by atoms with Crippen LogP contribution in [0.4, 0.5) is 5.82 Å². The van der Waals surface area contributed by atoms with Crippen molar-refractivity contribution in [1.82, 2.24) is 15.3 Å². The SMILES string of the molecule is CCC(C)NC(=O)c1cc(NCCc2ccc(Cl)cc2Cl)ncn1. The van der Waals surface area contributed by atoms with Crippen LogP contribution in [0.15, 0.2) is 30.6 Å². The number of benzene rings is 1. The summed E-state index contributed by atoms with van der Waals surface area (Å²) in [4.78, 5) is 20.2. The summed E-state index contributed by atoms with van der Waals surface area (Å²) in [6.45, 7) is 4.60. The molecule has 1 aromatic heterocycles. The van der Waals surface area contributed by atoms with Gasteiger partial charge in [-0.05, 0) is 37.5 Å². The minimum Gasteiger partial charge on any atom is -0.370 e. The van der Waals surface area contributed by atoms with E-state index in [4.69, 9.17) is 23.2 Å². The van der Waals surface area contributed by atoms with Crippen molar-refractivity contribution in [1.29, 1.82) is 0 Å². The van der Waals surface area contributed by atoms with Crippen molar-refractivity contribution >= 4 is 34.9 Å². The maximum Gasteiger partial charge on any atom is 0.270 e. The van der Waals surface area contributed by atoms with E-state index in [2.05, 4.69) is 20.6 Å². The Morgan fingerprint density at radius 3 is 2.75 bits per heavy atom. The average Bonchev–Trinajstić information content (AvgIpc) is 2.57. The molecule has 0 fully saturated rings. The number of hydrogen-bond donors (Lipinski definition) is 2. The van der Waals surface area contributed by atoms with Crippen molar-refractivity contribution < 1.29 is 4.79 Å². The highest BCUT2D eigenvalue weighted by Crippen LogP contribution is 2.21. The Kier molecular flexibility index (Phi) is 6.82. The third-order valence-corrected chi connectivity index (χ3v) is 4.19. The summed E-state index contributed by atoms with van der Waals surface area (Å²) in [7, 11) is 0. The first-order valence-electron chi connectivity index (χ1n) is 7.80. The van der Waals surface area contributed by atoms with Gasteiger partial charge in [0.05, 0.1) is 0 Å². The second-order valence-electron chi connectivity index (χ2n) is 5.48. The minimum atomic E-state index is -0.199. The van der Waals surface area contributed by atoms with Crippen molar-refractivity contribution in [2.24, 2.45) is 0 Å². The Morgan fingerprint density at radius 2 is 2.04 bits per heavy atom. The van der Waals surface area contributed by atoms with Crippen LogP contribution in [0.3, 0.4) is 0 Å². The van der Waals surface area contributed by atoms with Crippen LogP contribution in [0, 0.1) is 0 Å². The molecule has 0 saturated heterocycles. The fourth-order valence-electron chi connectivity index (χ4n) is 2.03. The molecular weight excluding hydrogens is 347 g/mol. The van der Waals surface area contributed by atoms with Crippen molar-refractivity contribution in [3.8, 4) is 0 Å². The summed E-state index contributed by atoms with van der Waals surface area (Å²) in [6, 6.07) is 7.18. The van der Waals surface area contributed by atoms with E-state index < -0.39 is 0 Å². The molecule has 0 bridgehead atoms. The second-order valence-corrected chi connectivity index (χ2v) is 6.33. The first kappa shape index (κ1) is 18.5. The number of hydrogen-bond acceptors (Lipinski definition) is 4. The van der Waals surface area contributed by atoms with Crippen LogP contribution < -0.4 is 10.6 Å². The topological polar surface area (TPSA) is 66.9 Å². The predicted octanol–water partition coefficient (Wildman–Crippen LogP) is 3.97. The molecule has 0 aliphatic heterocycles. The maximum absolute atomic E-state index is 12.1. The molecule has 0 radical (unpaired) electrons. The summed E-state index contributed by atoms with van der Waals surface area (Å²) in [5, 5.41) is 7.31. The summed E-state index contributed by atoms with van der Waals surface area (Å²) < 4.78 is 0. The zero-order valence-electron chi connectivity index (χ0n) is 13.6. The number of halogens is 2. The van der Waals surface area contributed by atoms with Gasteiger partial charge in [0.25, 0.3) is 5.91 Å². The summed E-state index contributed by atoms with van der Waals surface area (Å²) in [5.74, 6) is 0.403. The van der Waals surface area contributed by atoms with Gasteiger partial charge < -0.3 is 10.6 Å². The third-order valence-electron chi connectivity index (χ3n) is 3.61. The molecule has 5 nitrogen and oxygen atoms in total. The highest BCUT2D eigenvalue weighted by atomic mass is 35.5. The molecule has 2 rings (SSSR count). The molecule has 0 spiro atoms. The Hall–Kier alpha value is -1.85. The first-order valence-corrected chi connectivity index (χ1v) is 8.56. The monoisotopic (exact) mass is 366 g/mol. The quantitative estimate of drug-likeness (QED) is 0.777. The normalized spacial score (nSPS) is 11.8. The molecule has 1 aromatic carbocycles. The van der Waals surface area contributed by atoms with E-state index >= 15 is 0 Å². The van der Waals surface area contributed by atoms with Crippen LogP contribution in [0.25, 0.3) is 0 Å². The van der Waals surface area contributed by atoms with E-state index in [0.29, 0.717) is 34.5 Å². The number of nitrogens with one attached hydrogen (secondary N) is 2. The number of nitrogens with zero attached hydrogens (tertiary/aromatic N) is 2. The van der Waals surface area contributed by atoms with E-state index in [1.54, 1.807) is 12.1 Å². The van der Waals surface area contributed by atoms with Crippen LogP contribution in [0.5, 0.6) is 0 Å². The van der Waals surface area contributed by atoms with Crippen LogP contribution in [-0.4, -0.2) is 28.5 Å². The van der Waals surface area contributed by atoms with E-state index in [0.717, 1.165) is 12.0 Å². The Morgan fingerprint density at radius 1 is 1.25 bits per heavy atom. The zero-order chi connectivity index (χ0) is 17.5. The first-order chi connectivity index (χ1) is 11.5. The fourth-order valence-corrected chi connectivity index (χ4v) is 2.53. The van der Waals surface area contributed by atoms with E-state index in [-0.39, 0.29) is 11.9 Å². The highest BCUT2D eigenvalue weighted by molar-refractivity contribution is 6.35. The van der Waals surface area contributed by atoms with Crippen molar-refractivity contribution in [3.05, 3.63) is 51.9 Å². The van der Waals surface area contributed by atoms with Crippen molar-refractivity contribution in [3.63, 3.8) is 0 Å². The third kappa shape index (κ3) is 5.35.